The molecule has 0 aromatic heterocycles. The molecule has 1 atom stereocenters. The van der Waals surface area contributed by atoms with Gasteiger partial charge in [-0.3, -0.25) is 14.4 Å². The van der Waals surface area contributed by atoms with Crippen molar-refractivity contribution in [3.8, 4) is 11.5 Å². The first-order valence-corrected chi connectivity index (χ1v) is 10.7. The van der Waals surface area contributed by atoms with E-state index < -0.39 is 36.2 Å². The van der Waals surface area contributed by atoms with Gasteiger partial charge in [-0.05, 0) is 52.7 Å². The third-order valence-corrected chi connectivity index (χ3v) is 5.29. The fourth-order valence-electron chi connectivity index (χ4n) is 2.85. The third-order valence-electron chi connectivity index (χ3n) is 4.60. The van der Waals surface area contributed by atoms with E-state index in [1.807, 2.05) is 0 Å². The molecule has 0 bridgehead atoms. The Morgan fingerprint density at radius 3 is 2.35 bits per heavy atom. The van der Waals surface area contributed by atoms with Crippen molar-refractivity contribution in [2.24, 2.45) is 0 Å². The second-order valence-electron chi connectivity index (χ2n) is 6.90. The van der Waals surface area contributed by atoms with Gasteiger partial charge in [0.2, 0.25) is 0 Å². The van der Waals surface area contributed by atoms with Gasteiger partial charge in [0, 0.05) is 22.5 Å². The largest absolute Gasteiger partial charge is 0.497 e. The van der Waals surface area contributed by atoms with Gasteiger partial charge in [0.15, 0.2) is 0 Å². The summed E-state index contributed by atoms with van der Waals surface area (Å²) >= 11 is 3.27. The minimum absolute atomic E-state index is 0.239. The normalized spacial score (nSPS) is 11.8. The number of hydrogen-bond acceptors (Lipinski definition) is 6. The molecule has 0 saturated heterocycles. The quantitative estimate of drug-likeness (QED) is 0.321. The van der Waals surface area contributed by atoms with Gasteiger partial charge in [0.25, 0.3) is 11.8 Å². The zero-order valence-electron chi connectivity index (χ0n) is 18.3. The lowest BCUT2D eigenvalue weighted by molar-refractivity contribution is -0.142. The Kier molecular flexibility index (Phi) is 9.62. The monoisotopic (exact) mass is 534 g/mol. The molecule has 0 unspecified atom stereocenters. The van der Waals surface area contributed by atoms with Crippen molar-refractivity contribution in [3.05, 3.63) is 63.8 Å². The second kappa shape index (κ2) is 12.4. The number of amides is 2. The number of nitrogens with one attached hydrogen (secondary N) is 2. The molecular weight excluding hydrogens is 512 g/mol. The van der Waals surface area contributed by atoms with Crippen LogP contribution < -0.4 is 20.1 Å². The minimum atomic E-state index is -1.48. The summed E-state index contributed by atoms with van der Waals surface area (Å²) < 4.78 is 11.0. The van der Waals surface area contributed by atoms with E-state index in [2.05, 4.69) is 26.6 Å². The average Bonchev–Trinajstić information content (AvgIpc) is 2.81. The first kappa shape index (κ1) is 26.4. The Balaban J connectivity index is 2.44. The fourth-order valence-corrected chi connectivity index (χ4v) is 3.31. The summed E-state index contributed by atoms with van der Waals surface area (Å²) in [6, 6.07) is 9.84. The number of carboxylic acids is 2. The third kappa shape index (κ3) is 7.34. The van der Waals surface area contributed by atoms with Gasteiger partial charge in [0.1, 0.15) is 23.2 Å². The first-order valence-electron chi connectivity index (χ1n) is 9.91. The van der Waals surface area contributed by atoms with Crippen LogP contribution in [0.1, 0.15) is 28.8 Å². The number of carboxylic acid groups (broad SMARTS) is 2. The number of benzene rings is 2. The molecule has 2 aromatic rings. The first-order chi connectivity index (χ1) is 16.2. The highest BCUT2D eigenvalue weighted by molar-refractivity contribution is 9.10. The Bertz CT molecular complexity index is 1120. The predicted molar refractivity (Wildman–Crippen MR) is 126 cm³/mol. The van der Waals surface area contributed by atoms with Crippen molar-refractivity contribution >= 4 is 45.8 Å². The number of aliphatic carboxylic acids is 2. The maximum absolute atomic E-state index is 13.0. The van der Waals surface area contributed by atoms with E-state index in [9.17, 15) is 24.3 Å². The summed E-state index contributed by atoms with van der Waals surface area (Å²) in [7, 11) is 2.89. The van der Waals surface area contributed by atoms with Crippen LogP contribution in [0, 0.1) is 0 Å². The Hall–Kier alpha value is -3.86. The summed E-state index contributed by atoms with van der Waals surface area (Å²) in [5, 5.41) is 23.0. The van der Waals surface area contributed by atoms with Crippen LogP contribution in [-0.4, -0.2) is 54.2 Å². The second-order valence-corrected chi connectivity index (χ2v) is 7.75. The lowest BCUT2D eigenvalue weighted by atomic mass is 10.1. The van der Waals surface area contributed by atoms with E-state index in [0.717, 1.165) is 0 Å². The standard InChI is InChI=1S/C23H23BrN2O8/c1-33-14-8-7-13(19(12-14)34-2)11-18(26-21(29)15-5-3-4-6-16(15)24)22(30)25-17(23(31)32)9-10-20(27)28/h3-8,11-12,17H,9-10H2,1-2H3,(H,25,30)(H,26,29)(H,27,28)(H,31,32)/b18-11+/t17-/m1/s1. The molecule has 0 heterocycles. The van der Waals surface area contributed by atoms with Crippen LogP contribution in [0.15, 0.2) is 52.6 Å². The molecule has 2 amide bonds. The SMILES string of the molecule is COc1ccc(/C=C(/NC(=O)c2ccccc2Br)C(=O)N[C@H](CCC(=O)O)C(=O)O)c(OC)c1. The van der Waals surface area contributed by atoms with Crippen molar-refractivity contribution in [1.29, 1.82) is 0 Å². The lowest BCUT2D eigenvalue weighted by Crippen LogP contribution is -2.44. The molecule has 11 heteroatoms. The number of ether oxygens (including phenoxy) is 2. The van der Waals surface area contributed by atoms with Crippen molar-refractivity contribution in [2.75, 3.05) is 14.2 Å². The van der Waals surface area contributed by atoms with Crippen LogP contribution in [0.25, 0.3) is 6.08 Å². The zero-order valence-corrected chi connectivity index (χ0v) is 19.9. The molecule has 0 aliphatic carbocycles. The van der Waals surface area contributed by atoms with Gasteiger partial charge < -0.3 is 30.3 Å². The van der Waals surface area contributed by atoms with Crippen molar-refractivity contribution in [1.82, 2.24) is 10.6 Å². The van der Waals surface area contributed by atoms with Crippen LogP contribution in [0.5, 0.6) is 11.5 Å². The molecule has 0 aliphatic rings. The van der Waals surface area contributed by atoms with Crippen LogP contribution in [0.2, 0.25) is 0 Å². The Labute approximate surface area is 203 Å². The summed E-state index contributed by atoms with van der Waals surface area (Å²) in [5.74, 6) is -3.33. The van der Waals surface area contributed by atoms with Gasteiger partial charge in [-0.1, -0.05) is 12.1 Å². The smallest absolute Gasteiger partial charge is 0.326 e. The number of carbonyl (C=O) groups is 4. The molecule has 0 radical (unpaired) electrons. The Morgan fingerprint density at radius 2 is 1.76 bits per heavy atom. The maximum Gasteiger partial charge on any atom is 0.326 e. The predicted octanol–water partition coefficient (Wildman–Crippen LogP) is 2.67. The molecular formula is C23H23BrN2O8. The van der Waals surface area contributed by atoms with Gasteiger partial charge in [-0.2, -0.15) is 0 Å². The molecule has 0 aliphatic heterocycles. The molecule has 0 fully saturated rings. The van der Waals surface area contributed by atoms with Crippen LogP contribution in [-0.2, 0) is 14.4 Å². The van der Waals surface area contributed by atoms with Crippen LogP contribution in [0.3, 0.4) is 0 Å². The van der Waals surface area contributed by atoms with E-state index in [0.29, 0.717) is 21.5 Å². The molecule has 0 saturated carbocycles. The van der Waals surface area contributed by atoms with E-state index in [-0.39, 0.29) is 17.7 Å². The molecule has 34 heavy (non-hydrogen) atoms. The van der Waals surface area contributed by atoms with Crippen molar-refractivity contribution in [2.45, 2.75) is 18.9 Å². The van der Waals surface area contributed by atoms with E-state index in [1.165, 1.54) is 26.4 Å². The van der Waals surface area contributed by atoms with E-state index in [4.69, 9.17) is 14.6 Å². The summed E-state index contributed by atoms with van der Waals surface area (Å²) in [5.41, 5.74) is 0.368. The van der Waals surface area contributed by atoms with Crippen molar-refractivity contribution < 1.29 is 38.9 Å². The zero-order chi connectivity index (χ0) is 25.3. The fraction of sp³-hybridized carbons (Fsp3) is 0.217. The summed E-state index contributed by atoms with van der Waals surface area (Å²) in [4.78, 5) is 48.2. The van der Waals surface area contributed by atoms with Gasteiger partial charge in [-0.25, -0.2) is 4.79 Å². The maximum atomic E-state index is 13.0. The van der Waals surface area contributed by atoms with Crippen LogP contribution in [0.4, 0.5) is 0 Å². The average molecular weight is 535 g/mol. The molecule has 2 aromatic carbocycles. The summed E-state index contributed by atoms with van der Waals surface area (Å²) in [6.07, 6.45) is 0.512. The van der Waals surface area contributed by atoms with E-state index in [1.54, 1.807) is 36.4 Å². The number of carbonyl (C=O) groups excluding carboxylic acids is 2. The number of methoxy groups -OCH3 is 2. The van der Waals surface area contributed by atoms with Crippen LogP contribution >= 0.6 is 15.9 Å². The molecule has 4 N–H and O–H groups in total. The lowest BCUT2D eigenvalue weighted by Gasteiger charge is -2.17. The van der Waals surface area contributed by atoms with Gasteiger partial charge in [0.05, 0.1) is 19.8 Å². The topological polar surface area (TPSA) is 151 Å². The van der Waals surface area contributed by atoms with E-state index >= 15 is 0 Å². The summed E-state index contributed by atoms with van der Waals surface area (Å²) in [6.45, 7) is 0. The minimum Gasteiger partial charge on any atom is -0.497 e. The van der Waals surface area contributed by atoms with Gasteiger partial charge in [-0.15, -0.1) is 0 Å². The molecule has 0 spiro atoms. The number of halogens is 1. The van der Waals surface area contributed by atoms with Crippen molar-refractivity contribution in [3.63, 3.8) is 0 Å². The Morgan fingerprint density at radius 1 is 1.06 bits per heavy atom. The number of rotatable bonds is 11. The highest BCUT2D eigenvalue weighted by Crippen LogP contribution is 2.26. The van der Waals surface area contributed by atoms with Gasteiger partial charge >= 0.3 is 11.9 Å². The highest BCUT2D eigenvalue weighted by Gasteiger charge is 2.24. The molecule has 180 valence electrons. The molecule has 10 nitrogen and oxygen atoms in total. The number of hydrogen-bond donors (Lipinski definition) is 4. The molecule has 2 rings (SSSR count). The highest BCUT2D eigenvalue weighted by atomic mass is 79.9.